The molecular formula is C31H30N2O5. The van der Waals surface area contributed by atoms with Gasteiger partial charge in [-0.2, -0.15) is 0 Å². The highest BCUT2D eigenvalue weighted by atomic mass is 16.4. The first-order chi connectivity index (χ1) is 18.0. The molecule has 0 bridgehead atoms. The van der Waals surface area contributed by atoms with Crippen LogP contribution in [0.15, 0.2) is 72.8 Å². The Kier molecular flexibility index (Phi) is 8.76. The van der Waals surface area contributed by atoms with Gasteiger partial charge in [0, 0.05) is 22.2 Å². The molecule has 5 aromatic rings. The summed E-state index contributed by atoms with van der Waals surface area (Å²) in [4.78, 5) is 30.2. The van der Waals surface area contributed by atoms with Gasteiger partial charge in [0.15, 0.2) is 0 Å². The number of pyridine rings is 2. The maximum absolute atomic E-state index is 10.9. The number of aromatic hydroxyl groups is 1. The Bertz CT molecular complexity index is 1520. The van der Waals surface area contributed by atoms with Gasteiger partial charge in [-0.15, -0.1) is 0 Å². The van der Waals surface area contributed by atoms with Gasteiger partial charge in [-0.1, -0.05) is 54.1 Å². The third kappa shape index (κ3) is 6.70. The van der Waals surface area contributed by atoms with Crippen LogP contribution in [0.25, 0.3) is 21.8 Å². The lowest BCUT2D eigenvalue weighted by molar-refractivity contribution is 0.0688. The Labute approximate surface area is 221 Å². The van der Waals surface area contributed by atoms with Crippen LogP contribution in [0.5, 0.6) is 5.75 Å². The summed E-state index contributed by atoms with van der Waals surface area (Å²) in [5.41, 5.74) is 6.39. The lowest BCUT2D eigenvalue weighted by Crippen LogP contribution is -1.99. The summed E-state index contributed by atoms with van der Waals surface area (Å²) in [5.74, 6) is -1.45. The van der Waals surface area contributed by atoms with Gasteiger partial charge in [-0.25, -0.2) is 9.59 Å². The molecule has 0 radical (unpaired) electrons. The van der Waals surface area contributed by atoms with E-state index < -0.39 is 11.9 Å². The highest BCUT2D eigenvalue weighted by Gasteiger charge is 2.09. The van der Waals surface area contributed by atoms with Gasteiger partial charge >= 0.3 is 11.9 Å². The number of carboxylic acids is 2. The van der Waals surface area contributed by atoms with Crippen molar-refractivity contribution in [3.63, 3.8) is 0 Å². The summed E-state index contributed by atoms with van der Waals surface area (Å²) < 4.78 is 0. The molecule has 194 valence electrons. The van der Waals surface area contributed by atoms with E-state index in [0.29, 0.717) is 16.8 Å². The minimum absolute atomic E-state index is 0.256. The summed E-state index contributed by atoms with van der Waals surface area (Å²) >= 11 is 0. The molecule has 0 saturated carbocycles. The zero-order chi connectivity index (χ0) is 28.0. The normalized spacial score (nSPS) is 10.2. The molecule has 38 heavy (non-hydrogen) atoms. The molecule has 0 unspecified atom stereocenters. The number of hydrogen-bond acceptors (Lipinski definition) is 5. The second-order valence-corrected chi connectivity index (χ2v) is 9.02. The number of phenols is 1. The van der Waals surface area contributed by atoms with Crippen LogP contribution in [0.3, 0.4) is 0 Å². The zero-order valence-corrected chi connectivity index (χ0v) is 22.0. The molecule has 3 N–H and O–H groups in total. The van der Waals surface area contributed by atoms with Gasteiger partial charge < -0.3 is 15.3 Å². The molecule has 0 saturated heterocycles. The van der Waals surface area contributed by atoms with Gasteiger partial charge in [-0.05, 0) is 70.0 Å². The molecule has 3 aromatic carbocycles. The van der Waals surface area contributed by atoms with Gasteiger partial charge in [0.1, 0.15) is 5.75 Å². The monoisotopic (exact) mass is 510 g/mol. The fourth-order valence-corrected chi connectivity index (χ4v) is 4.01. The van der Waals surface area contributed by atoms with Gasteiger partial charge in [0.2, 0.25) is 0 Å². The predicted octanol–water partition coefficient (Wildman–Crippen LogP) is 6.80. The first-order valence-corrected chi connectivity index (χ1v) is 11.9. The van der Waals surface area contributed by atoms with E-state index in [9.17, 15) is 14.7 Å². The standard InChI is InChI=1S/2C11H9NO2.C9H12O/c2*1-7-5-6-8-3-2-4-9(11(13)14)10(8)12-7;1-6-4-7(2)9(10)8(3)5-6/h2*2-6H,1H3,(H,13,14);4-5,10H,1-3H3. The van der Waals surface area contributed by atoms with Crippen LogP contribution in [-0.4, -0.2) is 37.2 Å². The van der Waals surface area contributed by atoms with Crippen LogP contribution in [0, 0.1) is 34.6 Å². The fourth-order valence-electron chi connectivity index (χ4n) is 4.01. The molecule has 7 heteroatoms. The quantitative estimate of drug-likeness (QED) is 0.239. The Hall–Kier alpha value is -4.78. The van der Waals surface area contributed by atoms with Gasteiger partial charge in [0.25, 0.3) is 0 Å². The molecular weight excluding hydrogens is 480 g/mol. The first kappa shape index (κ1) is 27.8. The molecule has 5 rings (SSSR count). The highest BCUT2D eigenvalue weighted by molar-refractivity contribution is 6.02. The number of aryl methyl sites for hydroxylation is 5. The molecule has 2 aromatic heterocycles. The summed E-state index contributed by atoms with van der Waals surface area (Å²) in [5, 5.41) is 28.9. The average molecular weight is 511 g/mol. The van der Waals surface area contributed by atoms with Crippen molar-refractivity contribution in [3.8, 4) is 5.75 Å². The van der Waals surface area contributed by atoms with E-state index >= 15 is 0 Å². The lowest BCUT2D eigenvalue weighted by Gasteiger charge is -2.03. The molecule has 0 aliphatic carbocycles. The Morgan fingerprint density at radius 3 is 1.37 bits per heavy atom. The van der Waals surface area contributed by atoms with E-state index in [1.165, 1.54) is 5.56 Å². The number of fused-ring (bicyclic) bond motifs is 2. The molecule has 0 atom stereocenters. The number of phenolic OH excluding ortho intramolecular Hbond substituents is 1. The second-order valence-electron chi connectivity index (χ2n) is 9.02. The zero-order valence-electron chi connectivity index (χ0n) is 22.0. The van der Waals surface area contributed by atoms with Crippen molar-refractivity contribution in [3.05, 3.63) is 112 Å². The summed E-state index contributed by atoms with van der Waals surface area (Å²) in [6, 6.07) is 21.7. The number of carbonyl (C=O) groups is 2. The number of benzene rings is 3. The van der Waals surface area contributed by atoms with Crippen LogP contribution in [0.2, 0.25) is 0 Å². The minimum Gasteiger partial charge on any atom is -0.507 e. The van der Waals surface area contributed by atoms with Crippen LogP contribution in [-0.2, 0) is 0 Å². The molecule has 0 spiro atoms. The topological polar surface area (TPSA) is 121 Å². The molecule has 0 aliphatic rings. The van der Waals surface area contributed by atoms with Crippen molar-refractivity contribution in [2.24, 2.45) is 0 Å². The van der Waals surface area contributed by atoms with E-state index in [2.05, 4.69) is 9.97 Å². The molecule has 7 nitrogen and oxygen atoms in total. The average Bonchev–Trinajstić information content (AvgIpc) is 2.87. The van der Waals surface area contributed by atoms with Crippen LogP contribution < -0.4 is 0 Å². The Morgan fingerprint density at radius 2 is 1.00 bits per heavy atom. The van der Waals surface area contributed by atoms with Crippen molar-refractivity contribution in [1.29, 1.82) is 0 Å². The van der Waals surface area contributed by atoms with E-state index in [4.69, 9.17) is 10.2 Å². The van der Waals surface area contributed by atoms with Crippen molar-refractivity contribution in [2.75, 3.05) is 0 Å². The van der Waals surface area contributed by atoms with Gasteiger partial charge in [0.05, 0.1) is 22.2 Å². The number of aromatic carboxylic acids is 2. The van der Waals surface area contributed by atoms with Crippen LogP contribution in [0.1, 0.15) is 48.8 Å². The number of hydrogen-bond donors (Lipinski definition) is 3. The summed E-state index contributed by atoms with van der Waals surface area (Å²) in [6.45, 7) is 9.54. The third-order valence-electron chi connectivity index (χ3n) is 5.82. The van der Waals surface area contributed by atoms with Crippen LogP contribution >= 0.6 is 0 Å². The summed E-state index contributed by atoms with van der Waals surface area (Å²) in [7, 11) is 0. The molecule has 0 aliphatic heterocycles. The smallest absolute Gasteiger partial charge is 0.337 e. The lowest BCUT2D eigenvalue weighted by atomic mass is 10.1. The molecule has 0 amide bonds. The minimum atomic E-state index is -0.936. The van der Waals surface area contributed by atoms with Crippen molar-refractivity contribution < 1.29 is 24.9 Å². The summed E-state index contributed by atoms with van der Waals surface area (Å²) in [6.07, 6.45) is 0. The van der Waals surface area contributed by atoms with E-state index in [1.54, 1.807) is 24.3 Å². The second kappa shape index (κ2) is 12.0. The maximum atomic E-state index is 10.9. The number of para-hydroxylation sites is 2. The number of carboxylic acid groups (broad SMARTS) is 2. The number of nitrogens with zero attached hydrogens (tertiary/aromatic N) is 2. The SMILES string of the molecule is Cc1cc(C)c(O)c(C)c1.Cc1ccc2cccc(C(=O)O)c2n1.Cc1ccc2cccc(C(=O)O)c2n1. The van der Waals surface area contributed by atoms with Crippen molar-refractivity contribution >= 4 is 33.7 Å². The van der Waals surface area contributed by atoms with Gasteiger partial charge in [-0.3, -0.25) is 9.97 Å². The van der Waals surface area contributed by atoms with Crippen LogP contribution in [0.4, 0.5) is 0 Å². The first-order valence-electron chi connectivity index (χ1n) is 11.9. The van der Waals surface area contributed by atoms with E-state index in [-0.39, 0.29) is 11.1 Å². The number of rotatable bonds is 2. The molecule has 0 fully saturated rings. The maximum Gasteiger partial charge on any atom is 0.337 e. The molecule has 2 heterocycles. The van der Waals surface area contributed by atoms with E-state index in [0.717, 1.165) is 33.3 Å². The highest BCUT2D eigenvalue weighted by Crippen LogP contribution is 2.22. The third-order valence-corrected chi connectivity index (χ3v) is 5.82. The largest absolute Gasteiger partial charge is 0.507 e. The fraction of sp³-hybridized carbons (Fsp3) is 0.161. The van der Waals surface area contributed by atoms with E-state index in [1.807, 2.05) is 83.1 Å². The number of aromatic nitrogens is 2. The predicted molar refractivity (Wildman–Crippen MR) is 149 cm³/mol. The Balaban J connectivity index is 0.000000161. The Morgan fingerprint density at radius 1 is 0.605 bits per heavy atom. The van der Waals surface area contributed by atoms with Crippen molar-refractivity contribution in [2.45, 2.75) is 34.6 Å². The van der Waals surface area contributed by atoms with Crippen molar-refractivity contribution in [1.82, 2.24) is 9.97 Å².